The van der Waals surface area contributed by atoms with Crippen LogP contribution in [-0.4, -0.2) is 5.71 Å². The fraction of sp³-hybridized carbons (Fsp3) is 0.350. The SMILES string of the molecule is C=C/C(=C\C)C(=N)/C(C)=C(\C)CC(C)(C)c1ccccc1. The van der Waals surface area contributed by atoms with Crippen molar-refractivity contribution in [3.8, 4) is 0 Å². The lowest BCUT2D eigenvalue weighted by atomic mass is 9.78. The maximum absolute atomic E-state index is 8.30. The van der Waals surface area contributed by atoms with Crippen molar-refractivity contribution in [1.82, 2.24) is 0 Å². The van der Waals surface area contributed by atoms with Crippen LogP contribution in [0.3, 0.4) is 0 Å². The summed E-state index contributed by atoms with van der Waals surface area (Å²) in [5.74, 6) is 0. The van der Waals surface area contributed by atoms with Crippen LogP contribution >= 0.6 is 0 Å². The van der Waals surface area contributed by atoms with Crippen LogP contribution in [0.5, 0.6) is 0 Å². The fourth-order valence-corrected chi connectivity index (χ4v) is 2.58. The van der Waals surface area contributed by atoms with Gasteiger partial charge in [0.25, 0.3) is 0 Å². The molecule has 112 valence electrons. The Kier molecular flexibility index (Phi) is 5.90. The van der Waals surface area contributed by atoms with E-state index in [1.165, 1.54) is 11.1 Å². The van der Waals surface area contributed by atoms with Crippen molar-refractivity contribution < 1.29 is 0 Å². The minimum absolute atomic E-state index is 0.0666. The van der Waals surface area contributed by atoms with Gasteiger partial charge in [-0.2, -0.15) is 0 Å². The first-order chi connectivity index (χ1) is 9.83. The molecule has 0 amide bonds. The molecule has 0 saturated heterocycles. The zero-order valence-corrected chi connectivity index (χ0v) is 14.0. The molecule has 1 nitrogen and oxygen atoms in total. The highest BCUT2D eigenvalue weighted by atomic mass is 14.4. The third-order valence-electron chi connectivity index (χ3n) is 4.10. The number of hydrogen-bond acceptors (Lipinski definition) is 1. The van der Waals surface area contributed by atoms with E-state index in [-0.39, 0.29) is 5.41 Å². The van der Waals surface area contributed by atoms with E-state index in [0.29, 0.717) is 5.71 Å². The van der Waals surface area contributed by atoms with E-state index in [2.05, 4.69) is 51.6 Å². The topological polar surface area (TPSA) is 23.9 Å². The predicted octanol–water partition coefficient (Wildman–Crippen LogP) is 5.84. The predicted molar refractivity (Wildman–Crippen MR) is 94.1 cm³/mol. The number of nitrogens with one attached hydrogen (secondary N) is 1. The van der Waals surface area contributed by atoms with Crippen molar-refractivity contribution in [2.24, 2.45) is 0 Å². The molecule has 0 aromatic heterocycles. The molecular formula is C20H27N. The second kappa shape index (κ2) is 7.21. The molecule has 0 aliphatic heterocycles. The van der Waals surface area contributed by atoms with Gasteiger partial charge < -0.3 is 5.41 Å². The molecule has 0 atom stereocenters. The van der Waals surface area contributed by atoms with Gasteiger partial charge in [0.1, 0.15) is 0 Å². The van der Waals surface area contributed by atoms with Gasteiger partial charge in [0, 0.05) is 0 Å². The van der Waals surface area contributed by atoms with E-state index in [1.807, 2.05) is 26.0 Å². The maximum Gasteiger partial charge on any atom is 0.0637 e. The number of benzene rings is 1. The van der Waals surface area contributed by atoms with Crippen molar-refractivity contribution in [3.63, 3.8) is 0 Å². The first-order valence-electron chi connectivity index (χ1n) is 7.43. The minimum Gasteiger partial charge on any atom is -0.300 e. The Bertz CT molecular complexity index is 571. The summed E-state index contributed by atoms with van der Waals surface area (Å²) >= 11 is 0. The van der Waals surface area contributed by atoms with Crippen LogP contribution < -0.4 is 0 Å². The van der Waals surface area contributed by atoms with Crippen molar-refractivity contribution in [2.45, 2.75) is 46.5 Å². The van der Waals surface area contributed by atoms with Crippen molar-refractivity contribution >= 4 is 5.71 Å². The van der Waals surface area contributed by atoms with E-state index < -0.39 is 0 Å². The largest absolute Gasteiger partial charge is 0.300 e. The van der Waals surface area contributed by atoms with Gasteiger partial charge in [-0.15, -0.1) is 0 Å². The molecule has 0 spiro atoms. The second-order valence-electron chi connectivity index (χ2n) is 6.16. The van der Waals surface area contributed by atoms with Crippen molar-refractivity contribution in [3.05, 3.63) is 71.3 Å². The summed E-state index contributed by atoms with van der Waals surface area (Å²) in [6.45, 7) is 14.4. The lowest BCUT2D eigenvalue weighted by molar-refractivity contribution is 0.518. The summed E-state index contributed by atoms with van der Waals surface area (Å²) in [6, 6.07) is 10.6. The Morgan fingerprint density at radius 3 is 2.24 bits per heavy atom. The molecule has 0 bridgehead atoms. The average Bonchev–Trinajstić information content (AvgIpc) is 2.48. The van der Waals surface area contributed by atoms with Gasteiger partial charge in [0.05, 0.1) is 5.71 Å². The normalized spacial score (nSPS) is 13.7. The summed E-state index contributed by atoms with van der Waals surface area (Å²) in [5, 5.41) is 8.30. The van der Waals surface area contributed by atoms with Crippen LogP contribution in [-0.2, 0) is 5.41 Å². The van der Waals surface area contributed by atoms with Gasteiger partial charge in [-0.05, 0) is 49.3 Å². The molecule has 0 fully saturated rings. The van der Waals surface area contributed by atoms with E-state index >= 15 is 0 Å². The molecule has 0 aliphatic rings. The molecule has 21 heavy (non-hydrogen) atoms. The minimum atomic E-state index is 0.0666. The quantitative estimate of drug-likeness (QED) is 0.500. The monoisotopic (exact) mass is 281 g/mol. The standard InChI is InChI=1S/C20H27N/c1-7-17(8-2)19(21)16(4)15(3)14-20(5,6)18-12-10-9-11-13-18/h7-13,21H,1,14H2,2-6H3/b16-15+,17-8+,21-19?. The van der Waals surface area contributed by atoms with E-state index in [0.717, 1.165) is 17.6 Å². The molecule has 0 radical (unpaired) electrons. The first-order valence-corrected chi connectivity index (χ1v) is 7.43. The first kappa shape index (κ1) is 17.2. The molecule has 0 unspecified atom stereocenters. The zero-order valence-electron chi connectivity index (χ0n) is 14.0. The summed E-state index contributed by atoms with van der Waals surface area (Å²) in [4.78, 5) is 0. The van der Waals surface area contributed by atoms with Gasteiger partial charge >= 0.3 is 0 Å². The Balaban J connectivity index is 3.03. The van der Waals surface area contributed by atoms with Crippen LogP contribution in [0.2, 0.25) is 0 Å². The number of hydrogen-bond donors (Lipinski definition) is 1. The molecule has 0 saturated carbocycles. The molecule has 0 heterocycles. The molecule has 0 aliphatic carbocycles. The Morgan fingerprint density at radius 1 is 1.19 bits per heavy atom. The van der Waals surface area contributed by atoms with Crippen LogP contribution in [0.15, 0.2) is 65.8 Å². The van der Waals surface area contributed by atoms with Gasteiger partial charge in [-0.3, -0.25) is 0 Å². The third kappa shape index (κ3) is 4.29. The Hall–Kier alpha value is -1.89. The summed E-state index contributed by atoms with van der Waals surface area (Å²) < 4.78 is 0. The van der Waals surface area contributed by atoms with Gasteiger partial charge in [0.2, 0.25) is 0 Å². The molecule has 1 aromatic carbocycles. The lowest BCUT2D eigenvalue weighted by Crippen LogP contribution is -2.18. The van der Waals surface area contributed by atoms with Crippen LogP contribution in [0.1, 0.15) is 46.6 Å². The van der Waals surface area contributed by atoms with Gasteiger partial charge in [-0.25, -0.2) is 0 Å². The molecule has 1 N–H and O–H groups in total. The molecule has 1 aromatic rings. The number of rotatable bonds is 6. The van der Waals surface area contributed by atoms with Gasteiger partial charge in [0.15, 0.2) is 0 Å². The Morgan fingerprint density at radius 2 is 1.76 bits per heavy atom. The van der Waals surface area contributed by atoms with E-state index in [1.54, 1.807) is 6.08 Å². The highest BCUT2D eigenvalue weighted by Crippen LogP contribution is 2.31. The highest BCUT2D eigenvalue weighted by molar-refractivity contribution is 6.12. The van der Waals surface area contributed by atoms with Crippen LogP contribution in [0.4, 0.5) is 0 Å². The van der Waals surface area contributed by atoms with E-state index in [4.69, 9.17) is 5.41 Å². The second-order valence-corrected chi connectivity index (χ2v) is 6.16. The number of allylic oxidation sites excluding steroid dienone is 5. The maximum atomic E-state index is 8.30. The fourth-order valence-electron chi connectivity index (χ4n) is 2.58. The molecule has 1 heteroatoms. The van der Waals surface area contributed by atoms with Crippen molar-refractivity contribution in [2.75, 3.05) is 0 Å². The van der Waals surface area contributed by atoms with E-state index in [9.17, 15) is 0 Å². The third-order valence-corrected chi connectivity index (χ3v) is 4.10. The molecule has 1 rings (SSSR count). The van der Waals surface area contributed by atoms with Crippen molar-refractivity contribution in [1.29, 1.82) is 5.41 Å². The van der Waals surface area contributed by atoms with Crippen LogP contribution in [0.25, 0.3) is 0 Å². The molecular weight excluding hydrogens is 254 g/mol. The van der Waals surface area contributed by atoms with Crippen LogP contribution in [0, 0.1) is 5.41 Å². The summed E-state index contributed by atoms with van der Waals surface area (Å²) in [7, 11) is 0. The Labute approximate surface area is 129 Å². The zero-order chi connectivity index (χ0) is 16.0. The summed E-state index contributed by atoms with van der Waals surface area (Å²) in [5.41, 5.74) is 5.18. The smallest absolute Gasteiger partial charge is 0.0637 e. The highest BCUT2D eigenvalue weighted by Gasteiger charge is 2.22. The summed E-state index contributed by atoms with van der Waals surface area (Å²) in [6.07, 6.45) is 4.63. The lowest BCUT2D eigenvalue weighted by Gasteiger charge is -2.27. The average molecular weight is 281 g/mol. The van der Waals surface area contributed by atoms with Gasteiger partial charge in [-0.1, -0.05) is 68.5 Å².